The number of fused-ring (bicyclic) bond motifs is 1. The van der Waals surface area contributed by atoms with Gasteiger partial charge < -0.3 is 4.57 Å². The van der Waals surface area contributed by atoms with E-state index < -0.39 is 0 Å². The van der Waals surface area contributed by atoms with Crippen molar-refractivity contribution in [3.63, 3.8) is 0 Å². The maximum atomic E-state index is 12.4. The number of nitrogens with zero attached hydrogens (tertiary/aromatic N) is 4. The average molecular weight is 364 g/mol. The van der Waals surface area contributed by atoms with Gasteiger partial charge in [-0.3, -0.25) is 14.5 Å². The van der Waals surface area contributed by atoms with Gasteiger partial charge in [0.25, 0.3) is 11.8 Å². The molecule has 0 atom stereocenters. The number of aromatic nitrogens is 3. The van der Waals surface area contributed by atoms with E-state index >= 15 is 0 Å². The topological polar surface area (TPSA) is 68.1 Å². The summed E-state index contributed by atoms with van der Waals surface area (Å²) in [5.41, 5.74) is 2.07. The second-order valence-electron chi connectivity index (χ2n) is 5.98. The summed E-state index contributed by atoms with van der Waals surface area (Å²) in [5, 5.41) is 9.11. The molecule has 0 fully saturated rings. The van der Waals surface area contributed by atoms with Gasteiger partial charge in [-0.25, -0.2) is 0 Å². The Morgan fingerprint density at radius 3 is 2.15 bits per heavy atom. The van der Waals surface area contributed by atoms with Crippen LogP contribution in [0.25, 0.3) is 0 Å². The molecule has 7 heteroatoms. The van der Waals surface area contributed by atoms with E-state index in [9.17, 15) is 9.59 Å². The van der Waals surface area contributed by atoms with Crippen molar-refractivity contribution >= 4 is 23.6 Å². The third-order valence-corrected chi connectivity index (χ3v) is 5.33. The van der Waals surface area contributed by atoms with Gasteiger partial charge in [0.2, 0.25) is 0 Å². The van der Waals surface area contributed by atoms with Gasteiger partial charge in [0.05, 0.1) is 17.0 Å². The molecule has 0 aliphatic carbocycles. The Labute approximate surface area is 154 Å². The Hall–Kier alpha value is -2.93. The van der Waals surface area contributed by atoms with Crippen LogP contribution in [0.5, 0.6) is 0 Å². The standard InChI is InChI=1S/C19H16N4O2S/c1-22-16(11-13-7-3-2-4-8-13)20-21-19(22)26-12-23-17(24)14-9-5-6-10-15(14)18(23)25/h2-10H,11-12H2,1H3. The minimum absolute atomic E-state index is 0.212. The van der Waals surface area contributed by atoms with Crippen molar-refractivity contribution in [1.82, 2.24) is 19.7 Å². The minimum Gasteiger partial charge on any atom is -0.309 e. The Morgan fingerprint density at radius 1 is 0.885 bits per heavy atom. The van der Waals surface area contributed by atoms with E-state index in [0.717, 1.165) is 11.4 Å². The van der Waals surface area contributed by atoms with Gasteiger partial charge in [0, 0.05) is 13.5 Å². The SMILES string of the molecule is Cn1c(Cc2ccccc2)nnc1SCN1C(=O)c2ccccc2C1=O. The molecule has 1 aliphatic rings. The molecule has 2 aromatic carbocycles. The van der Waals surface area contributed by atoms with Crippen LogP contribution in [0.4, 0.5) is 0 Å². The lowest BCUT2D eigenvalue weighted by Gasteiger charge is -2.12. The highest BCUT2D eigenvalue weighted by Gasteiger charge is 2.35. The lowest BCUT2D eigenvalue weighted by molar-refractivity contribution is 0.0684. The lowest BCUT2D eigenvalue weighted by Crippen LogP contribution is -2.29. The van der Waals surface area contributed by atoms with Gasteiger partial charge in [-0.05, 0) is 17.7 Å². The van der Waals surface area contributed by atoms with E-state index in [-0.39, 0.29) is 17.7 Å². The highest BCUT2D eigenvalue weighted by Crippen LogP contribution is 2.26. The zero-order valence-electron chi connectivity index (χ0n) is 14.1. The number of imide groups is 1. The maximum absolute atomic E-state index is 12.4. The smallest absolute Gasteiger partial charge is 0.262 e. The molecule has 0 radical (unpaired) electrons. The Bertz CT molecular complexity index is 949. The molecule has 130 valence electrons. The molecule has 2 amide bonds. The third-order valence-electron chi connectivity index (χ3n) is 4.33. The largest absolute Gasteiger partial charge is 0.309 e. The van der Waals surface area contributed by atoms with Crippen molar-refractivity contribution in [2.45, 2.75) is 11.6 Å². The summed E-state index contributed by atoms with van der Waals surface area (Å²) in [6.45, 7) is 0. The summed E-state index contributed by atoms with van der Waals surface area (Å²) in [7, 11) is 1.89. The van der Waals surface area contributed by atoms with Crippen molar-refractivity contribution in [1.29, 1.82) is 0 Å². The first-order valence-electron chi connectivity index (χ1n) is 8.15. The second kappa shape index (κ2) is 6.76. The second-order valence-corrected chi connectivity index (χ2v) is 6.89. The number of carbonyl (C=O) groups excluding carboxylic acids is 2. The van der Waals surface area contributed by atoms with Crippen LogP contribution in [0.1, 0.15) is 32.1 Å². The molecule has 4 rings (SSSR count). The summed E-state index contributed by atoms with van der Waals surface area (Å²) in [4.78, 5) is 26.1. The molecule has 0 unspecified atom stereocenters. The van der Waals surface area contributed by atoms with Crippen molar-refractivity contribution in [2.75, 3.05) is 5.88 Å². The molecule has 2 heterocycles. The van der Waals surface area contributed by atoms with Crippen LogP contribution in [-0.4, -0.2) is 37.4 Å². The van der Waals surface area contributed by atoms with E-state index in [1.165, 1.54) is 16.7 Å². The highest BCUT2D eigenvalue weighted by molar-refractivity contribution is 7.99. The van der Waals surface area contributed by atoms with E-state index in [1.54, 1.807) is 24.3 Å². The van der Waals surface area contributed by atoms with Gasteiger partial charge >= 0.3 is 0 Å². The van der Waals surface area contributed by atoms with Crippen LogP contribution in [0.15, 0.2) is 59.8 Å². The summed E-state index contributed by atoms with van der Waals surface area (Å²) < 4.78 is 1.90. The minimum atomic E-state index is -0.259. The van der Waals surface area contributed by atoms with Gasteiger partial charge in [-0.2, -0.15) is 0 Å². The predicted molar refractivity (Wildman–Crippen MR) is 97.9 cm³/mol. The molecule has 0 spiro atoms. The molecule has 3 aromatic rings. The number of thioether (sulfide) groups is 1. The number of hydrogen-bond donors (Lipinski definition) is 0. The molecule has 0 saturated carbocycles. The maximum Gasteiger partial charge on any atom is 0.262 e. The zero-order valence-corrected chi connectivity index (χ0v) is 14.9. The van der Waals surface area contributed by atoms with E-state index in [0.29, 0.717) is 22.7 Å². The zero-order chi connectivity index (χ0) is 18.1. The number of carbonyl (C=O) groups is 2. The Balaban J connectivity index is 1.46. The Morgan fingerprint density at radius 2 is 1.50 bits per heavy atom. The highest BCUT2D eigenvalue weighted by atomic mass is 32.2. The number of hydrogen-bond acceptors (Lipinski definition) is 5. The summed E-state index contributed by atoms with van der Waals surface area (Å²) in [5.74, 6) is 0.527. The van der Waals surface area contributed by atoms with Crippen molar-refractivity contribution in [3.8, 4) is 0 Å². The van der Waals surface area contributed by atoms with E-state index in [4.69, 9.17) is 0 Å². The monoisotopic (exact) mass is 364 g/mol. The van der Waals surface area contributed by atoms with Crippen LogP contribution in [0.3, 0.4) is 0 Å². The third kappa shape index (κ3) is 2.90. The molecule has 6 nitrogen and oxygen atoms in total. The Kier molecular flexibility index (Phi) is 4.30. The fourth-order valence-electron chi connectivity index (χ4n) is 2.88. The molecule has 0 N–H and O–H groups in total. The van der Waals surface area contributed by atoms with Crippen molar-refractivity contribution in [2.24, 2.45) is 7.05 Å². The van der Waals surface area contributed by atoms with Crippen LogP contribution < -0.4 is 0 Å². The first kappa shape index (κ1) is 16.5. The first-order valence-corrected chi connectivity index (χ1v) is 9.14. The fourth-order valence-corrected chi connectivity index (χ4v) is 3.76. The number of amides is 2. The predicted octanol–water partition coefficient (Wildman–Crippen LogP) is 2.75. The van der Waals surface area contributed by atoms with Gasteiger partial charge in [0.15, 0.2) is 5.16 Å². The molecule has 0 bridgehead atoms. The number of benzene rings is 2. The summed E-state index contributed by atoms with van der Waals surface area (Å²) in [6, 6.07) is 16.9. The van der Waals surface area contributed by atoms with Crippen molar-refractivity contribution in [3.05, 3.63) is 77.1 Å². The lowest BCUT2D eigenvalue weighted by atomic mass is 10.1. The van der Waals surface area contributed by atoms with Crippen LogP contribution in [0, 0.1) is 0 Å². The summed E-state index contributed by atoms with van der Waals surface area (Å²) in [6.07, 6.45) is 0.678. The fraction of sp³-hybridized carbons (Fsp3) is 0.158. The number of rotatable bonds is 5. The van der Waals surface area contributed by atoms with Crippen molar-refractivity contribution < 1.29 is 9.59 Å². The molecule has 26 heavy (non-hydrogen) atoms. The van der Waals surface area contributed by atoms with Crippen LogP contribution >= 0.6 is 11.8 Å². The average Bonchev–Trinajstić information content (AvgIpc) is 3.13. The van der Waals surface area contributed by atoms with E-state index in [2.05, 4.69) is 10.2 Å². The molecule has 1 aliphatic heterocycles. The van der Waals surface area contributed by atoms with Gasteiger partial charge in [0.1, 0.15) is 5.82 Å². The molecule has 0 saturated heterocycles. The van der Waals surface area contributed by atoms with Gasteiger partial charge in [-0.1, -0.05) is 54.2 Å². The summed E-state index contributed by atoms with van der Waals surface area (Å²) >= 11 is 1.33. The molecular weight excluding hydrogens is 348 g/mol. The van der Waals surface area contributed by atoms with Crippen LogP contribution in [-0.2, 0) is 13.5 Å². The first-order chi connectivity index (χ1) is 12.6. The molecular formula is C19H16N4O2S. The quantitative estimate of drug-likeness (QED) is 0.514. The van der Waals surface area contributed by atoms with Crippen LogP contribution in [0.2, 0.25) is 0 Å². The molecule has 1 aromatic heterocycles. The van der Waals surface area contributed by atoms with Gasteiger partial charge in [-0.15, -0.1) is 10.2 Å². The normalized spacial score (nSPS) is 13.3. The van der Waals surface area contributed by atoms with E-state index in [1.807, 2.05) is 41.9 Å².